The van der Waals surface area contributed by atoms with Crippen LogP contribution in [0.2, 0.25) is 0 Å². The summed E-state index contributed by atoms with van der Waals surface area (Å²) in [6.07, 6.45) is -12.5. The molecule has 0 N–H and O–H groups in total. The van der Waals surface area contributed by atoms with Crippen molar-refractivity contribution in [1.82, 2.24) is 0 Å². The van der Waals surface area contributed by atoms with Crippen molar-refractivity contribution in [3.05, 3.63) is 28.8 Å². The summed E-state index contributed by atoms with van der Waals surface area (Å²) in [7, 11) is 0.639. The van der Waals surface area contributed by atoms with Crippen molar-refractivity contribution in [2.45, 2.75) is 36.8 Å². The molecule has 0 radical (unpaired) electrons. The first-order valence-electron chi connectivity index (χ1n) is 5.42. The van der Waals surface area contributed by atoms with Crippen molar-refractivity contribution in [3.63, 3.8) is 0 Å². The first-order chi connectivity index (χ1) is 9.53. The second-order valence-corrected chi connectivity index (χ2v) is 7.03. The van der Waals surface area contributed by atoms with Gasteiger partial charge in [-0.25, -0.2) is 12.8 Å². The SMILES string of the molecule is Cc1cc(C(F)(C(F)(F)F)C(F)(F)F)cc(C)c1S(=O)(=O)Cl. The second-order valence-electron chi connectivity index (χ2n) is 4.53. The summed E-state index contributed by atoms with van der Waals surface area (Å²) >= 11 is 0. The van der Waals surface area contributed by atoms with Gasteiger partial charge in [0.15, 0.2) is 0 Å². The van der Waals surface area contributed by atoms with Crippen LogP contribution in [0.1, 0.15) is 16.7 Å². The fourth-order valence-corrected chi connectivity index (χ4v) is 3.64. The predicted molar refractivity (Wildman–Crippen MR) is 63.9 cm³/mol. The summed E-state index contributed by atoms with van der Waals surface area (Å²) in [6.45, 7) is 1.83. The lowest BCUT2D eigenvalue weighted by atomic mass is 9.91. The Hall–Kier alpha value is -1.03. The molecule has 0 fully saturated rings. The first-order valence-corrected chi connectivity index (χ1v) is 7.73. The molecule has 11 heteroatoms. The molecule has 22 heavy (non-hydrogen) atoms. The molecule has 0 atom stereocenters. The van der Waals surface area contributed by atoms with Crippen LogP contribution in [0, 0.1) is 13.8 Å². The zero-order valence-corrected chi connectivity index (χ0v) is 12.5. The third-order valence-electron chi connectivity index (χ3n) is 2.88. The van der Waals surface area contributed by atoms with Gasteiger partial charge >= 0.3 is 18.0 Å². The lowest BCUT2D eigenvalue weighted by Crippen LogP contribution is -2.50. The highest BCUT2D eigenvalue weighted by Gasteiger charge is 2.73. The van der Waals surface area contributed by atoms with Gasteiger partial charge in [0.05, 0.1) is 4.90 Å². The normalized spacial score (nSPS) is 14.3. The topological polar surface area (TPSA) is 34.1 Å². The van der Waals surface area contributed by atoms with E-state index in [1.807, 2.05) is 0 Å². The number of hydrogen-bond donors (Lipinski definition) is 0. The molecule has 0 aliphatic rings. The van der Waals surface area contributed by atoms with E-state index in [4.69, 9.17) is 10.7 Å². The van der Waals surface area contributed by atoms with Gasteiger partial charge in [0.1, 0.15) is 0 Å². The van der Waals surface area contributed by atoms with Crippen LogP contribution in [0.5, 0.6) is 0 Å². The highest BCUT2D eigenvalue weighted by molar-refractivity contribution is 8.13. The monoisotopic (exact) mass is 372 g/mol. The minimum absolute atomic E-state index is 0.170. The van der Waals surface area contributed by atoms with Crippen LogP contribution in [0.4, 0.5) is 30.7 Å². The third-order valence-corrected chi connectivity index (χ3v) is 4.48. The van der Waals surface area contributed by atoms with Crippen molar-refractivity contribution in [2.24, 2.45) is 0 Å². The molecule has 126 valence electrons. The number of benzene rings is 1. The smallest absolute Gasteiger partial charge is 0.218 e. The molecular formula is C11H8ClF7O2S. The fourth-order valence-electron chi connectivity index (χ4n) is 2.02. The summed E-state index contributed by atoms with van der Waals surface area (Å²) in [5, 5.41) is 0. The maximum absolute atomic E-state index is 13.9. The van der Waals surface area contributed by atoms with Crippen LogP contribution in [0.15, 0.2) is 17.0 Å². The predicted octanol–water partition coefficient (Wildman–Crippen LogP) is 4.52. The van der Waals surface area contributed by atoms with Gasteiger partial charge < -0.3 is 0 Å². The summed E-state index contributed by atoms with van der Waals surface area (Å²) in [6, 6.07) is 0.340. The highest BCUT2D eigenvalue weighted by atomic mass is 35.7. The van der Waals surface area contributed by atoms with E-state index in [1.54, 1.807) is 0 Å². The molecule has 0 saturated heterocycles. The molecule has 0 saturated carbocycles. The van der Waals surface area contributed by atoms with Gasteiger partial charge in [0.2, 0.25) is 0 Å². The Morgan fingerprint density at radius 3 is 1.41 bits per heavy atom. The second kappa shape index (κ2) is 5.26. The average Bonchev–Trinajstić information content (AvgIpc) is 2.21. The molecule has 0 aromatic heterocycles. The van der Waals surface area contributed by atoms with E-state index in [-0.39, 0.29) is 12.1 Å². The molecule has 2 nitrogen and oxygen atoms in total. The molecule has 0 heterocycles. The van der Waals surface area contributed by atoms with E-state index in [0.717, 1.165) is 13.8 Å². The average molecular weight is 373 g/mol. The molecule has 0 amide bonds. The van der Waals surface area contributed by atoms with E-state index < -0.39 is 48.7 Å². The van der Waals surface area contributed by atoms with Gasteiger partial charge in [-0.15, -0.1) is 0 Å². The fraction of sp³-hybridized carbons (Fsp3) is 0.455. The van der Waals surface area contributed by atoms with Gasteiger partial charge in [0.25, 0.3) is 9.05 Å². The van der Waals surface area contributed by atoms with Crippen LogP contribution < -0.4 is 0 Å². The molecule has 0 spiro atoms. The zero-order valence-electron chi connectivity index (χ0n) is 10.9. The van der Waals surface area contributed by atoms with Crippen LogP contribution >= 0.6 is 10.7 Å². The van der Waals surface area contributed by atoms with Crippen LogP contribution in [-0.4, -0.2) is 20.8 Å². The summed E-state index contributed by atoms with van der Waals surface area (Å²) in [5.41, 5.74) is -8.43. The minimum atomic E-state index is -6.27. The van der Waals surface area contributed by atoms with E-state index in [2.05, 4.69) is 0 Å². The van der Waals surface area contributed by atoms with Crippen molar-refractivity contribution >= 4 is 19.7 Å². The number of rotatable bonds is 2. The van der Waals surface area contributed by atoms with Crippen molar-refractivity contribution in [3.8, 4) is 0 Å². The molecular weight excluding hydrogens is 365 g/mol. The summed E-state index contributed by atoms with van der Waals surface area (Å²) in [4.78, 5) is -0.662. The third kappa shape index (κ3) is 3.03. The summed E-state index contributed by atoms with van der Waals surface area (Å²) in [5.74, 6) is 0. The Balaban J connectivity index is 3.77. The Kier molecular flexibility index (Phi) is 4.55. The van der Waals surface area contributed by atoms with E-state index >= 15 is 0 Å². The molecule has 1 aromatic rings. The minimum Gasteiger partial charge on any atom is -0.218 e. The Bertz CT molecular complexity index is 654. The standard InChI is InChI=1S/C11H8ClF7O2S/c1-5-3-7(4-6(2)8(5)22(12,20)21)9(13,10(14,15)16)11(17,18)19/h3-4H,1-2H3. The Morgan fingerprint density at radius 1 is 0.864 bits per heavy atom. The number of alkyl halides is 7. The van der Waals surface area contributed by atoms with Crippen molar-refractivity contribution in [1.29, 1.82) is 0 Å². The van der Waals surface area contributed by atoms with Crippen molar-refractivity contribution in [2.75, 3.05) is 0 Å². The van der Waals surface area contributed by atoms with E-state index in [0.29, 0.717) is 0 Å². The van der Waals surface area contributed by atoms with Gasteiger partial charge in [-0.2, -0.15) is 26.3 Å². The number of halogens is 8. The van der Waals surface area contributed by atoms with Crippen LogP contribution in [0.25, 0.3) is 0 Å². The largest absolute Gasteiger partial charge is 0.435 e. The quantitative estimate of drug-likeness (QED) is 0.565. The lowest BCUT2D eigenvalue weighted by Gasteiger charge is -2.31. The number of hydrogen-bond acceptors (Lipinski definition) is 2. The molecule has 0 bridgehead atoms. The van der Waals surface area contributed by atoms with Crippen molar-refractivity contribution < 1.29 is 39.2 Å². The van der Waals surface area contributed by atoms with E-state index in [9.17, 15) is 39.2 Å². The van der Waals surface area contributed by atoms with Gasteiger partial charge in [-0.1, -0.05) is 12.1 Å². The molecule has 1 aromatic carbocycles. The molecule has 0 aliphatic carbocycles. The van der Waals surface area contributed by atoms with Gasteiger partial charge in [-0.3, -0.25) is 0 Å². The molecule has 0 unspecified atom stereocenters. The first kappa shape index (κ1) is 19.0. The number of aryl methyl sites for hydroxylation is 2. The van der Waals surface area contributed by atoms with Gasteiger partial charge in [0, 0.05) is 16.2 Å². The Labute approximate surface area is 125 Å². The Morgan fingerprint density at radius 2 is 1.18 bits per heavy atom. The lowest BCUT2D eigenvalue weighted by molar-refractivity contribution is -0.348. The van der Waals surface area contributed by atoms with Crippen LogP contribution in [0.3, 0.4) is 0 Å². The van der Waals surface area contributed by atoms with E-state index in [1.165, 1.54) is 0 Å². The highest BCUT2D eigenvalue weighted by Crippen LogP contribution is 2.53. The maximum atomic E-state index is 13.9. The maximum Gasteiger partial charge on any atom is 0.435 e. The summed E-state index contributed by atoms with van der Waals surface area (Å²) < 4.78 is 112. The molecule has 1 rings (SSSR count). The zero-order chi connectivity index (χ0) is 17.7. The van der Waals surface area contributed by atoms with Gasteiger partial charge in [-0.05, 0) is 25.0 Å². The van der Waals surface area contributed by atoms with Crippen LogP contribution in [-0.2, 0) is 14.7 Å². The molecule has 0 aliphatic heterocycles.